The Labute approximate surface area is 103 Å². The highest BCUT2D eigenvalue weighted by Gasteiger charge is 2.15. The van der Waals surface area contributed by atoms with Gasteiger partial charge in [0.05, 0.1) is 0 Å². The quantitative estimate of drug-likeness (QED) is 0.868. The smallest absolute Gasteiger partial charge is 0.126 e. The summed E-state index contributed by atoms with van der Waals surface area (Å²) in [5, 5.41) is 0. The number of benzene rings is 1. The van der Waals surface area contributed by atoms with Crippen molar-refractivity contribution in [3.8, 4) is 0 Å². The molecule has 1 fully saturated rings. The molecule has 1 aliphatic heterocycles. The molecular weight excluding hydrogens is 215 g/mol. The lowest BCUT2D eigenvalue weighted by atomic mass is 10.0. The van der Waals surface area contributed by atoms with Crippen LogP contribution in [0.5, 0.6) is 0 Å². The minimum Gasteiger partial charge on any atom is -0.328 e. The van der Waals surface area contributed by atoms with E-state index in [-0.39, 0.29) is 5.82 Å². The molecule has 0 spiro atoms. The lowest BCUT2D eigenvalue weighted by Gasteiger charge is -2.29. The van der Waals surface area contributed by atoms with Crippen LogP contribution < -0.4 is 5.73 Å². The fourth-order valence-electron chi connectivity index (χ4n) is 2.37. The molecule has 1 aliphatic rings. The van der Waals surface area contributed by atoms with E-state index >= 15 is 0 Å². The van der Waals surface area contributed by atoms with Crippen molar-refractivity contribution in [3.05, 3.63) is 35.6 Å². The fraction of sp³-hybridized carbons (Fsp3) is 0.571. The van der Waals surface area contributed by atoms with Gasteiger partial charge in [-0.3, -0.25) is 0 Å². The van der Waals surface area contributed by atoms with E-state index in [1.807, 2.05) is 12.1 Å². The van der Waals surface area contributed by atoms with Crippen molar-refractivity contribution < 1.29 is 4.39 Å². The second kappa shape index (κ2) is 6.12. The first-order valence-corrected chi connectivity index (χ1v) is 6.47. The molecule has 1 heterocycles. The Hall–Kier alpha value is -0.930. The van der Waals surface area contributed by atoms with Crippen LogP contribution in [-0.2, 0) is 6.42 Å². The molecule has 94 valence electrons. The number of hydrogen-bond donors (Lipinski definition) is 1. The van der Waals surface area contributed by atoms with Crippen LogP contribution in [0.3, 0.4) is 0 Å². The second-order valence-electron chi connectivity index (χ2n) is 4.87. The van der Waals surface area contributed by atoms with Crippen LogP contribution in [0.25, 0.3) is 0 Å². The van der Waals surface area contributed by atoms with Gasteiger partial charge < -0.3 is 10.6 Å². The third-order valence-electron chi connectivity index (χ3n) is 3.51. The van der Waals surface area contributed by atoms with Gasteiger partial charge in [-0.05, 0) is 56.9 Å². The van der Waals surface area contributed by atoms with Gasteiger partial charge in [-0.2, -0.15) is 0 Å². The lowest BCUT2D eigenvalue weighted by Crippen LogP contribution is -2.40. The van der Waals surface area contributed by atoms with E-state index in [1.54, 1.807) is 6.07 Å². The Bertz CT molecular complexity index is 346. The van der Waals surface area contributed by atoms with Gasteiger partial charge in [0, 0.05) is 6.04 Å². The summed E-state index contributed by atoms with van der Waals surface area (Å²) in [6, 6.07) is 7.44. The van der Waals surface area contributed by atoms with Gasteiger partial charge in [-0.15, -0.1) is 0 Å². The predicted molar refractivity (Wildman–Crippen MR) is 68.4 cm³/mol. The molecule has 0 bridgehead atoms. The van der Waals surface area contributed by atoms with Crippen LogP contribution in [-0.4, -0.2) is 30.6 Å². The molecule has 1 aromatic carbocycles. The first-order chi connectivity index (χ1) is 8.25. The van der Waals surface area contributed by atoms with Crippen molar-refractivity contribution in [1.82, 2.24) is 4.90 Å². The maximum Gasteiger partial charge on any atom is 0.126 e. The van der Waals surface area contributed by atoms with Gasteiger partial charge in [-0.25, -0.2) is 4.39 Å². The fourth-order valence-corrected chi connectivity index (χ4v) is 2.37. The van der Waals surface area contributed by atoms with Crippen molar-refractivity contribution in [2.24, 2.45) is 5.73 Å². The molecular formula is C14H21FN2. The topological polar surface area (TPSA) is 29.3 Å². The van der Waals surface area contributed by atoms with E-state index in [0.717, 1.165) is 50.9 Å². The van der Waals surface area contributed by atoms with Gasteiger partial charge in [0.15, 0.2) is 0 Å². The normalized spacial score (nSPS) is 18.5. The maximum absolute atomic E-state index is 13.4. The average Bonchev–Trinajstić information content (AvgIpc) is 2.34. The Morgan fingerprint density at radius 1 is 1.24 bits per heavy atom. The molecule has 0 aromatic heterocycles. The van der Waals surface area contributed by atoms with Crippen LogP contribution in [0.2, 0.25) is 0 Å². The molecule has 2 N–H and O–H groups in total. The number of nitrogens with two attached hydrogens (primary N) is 1. The Morgan fingerprint density at radius 2 is 1.94 bits per heavy atom. The second-order valence-corrected chi connectivity index (χ2v) is 4.87. The largest absolute Gasteiger partial charge is 0.328 e. The molecule has 2 nitrogen and oxygen atoms in total. The summed E-state index contributed by atoms with van der Waals surface area (Å²) in [6.07, 6.45) is 4.05. The van der Waals surface area contributed by atoms with Gasteiger partial charge in [-0.1, -0.05) is 18.2 Å². The zero-order valence-corrected chi connectivity index (χ0v) is 10.2. The molecule has 1 aromatic rings. The van der Waals surface area contributed by atoms with E-state index in [0.29, 0.717) is 6.04 Å². The van der Waals surface area contributed by atoms with Crippen molar-refractivity contribution in [3.63, 3.8) is 0 Å². The van der Waals surface area contributed by atoms with E-state index in [1.165, 1.54) is 6.07 Å². The number of rotatable bonds is 4. The first kappa shape index (κ1) is 12.5. The van der Waals surface area contributed by atoms with E-state index in [9.17, 15) is 4.39 Å². The molecule has 0 radical (unpaired) electrons. The summed E-state index contributed by atoms with van der Waals surface area (Å²) >= 11 is 0. The summed E-state index contributed by atoms with van der Waals surface area (Å²) in [6.45, 7) is 3.25. The Balaban J connectivity index is 1.71. The molecule has 0 atom stereocenters. The predicted octanol–water partition coefficient (Wildman–Crippen LogP) is 2.18. The van der Waals surface area contributed by atoms with E-state index < -0.39 is 0 Å². The molecule has 17 heavy (non-hydrogen) atoms. The molecule has 2 rings (SSSR count). The van der Waals surface area contributed by atoms with Crippen molar-refractivity contribution in [2.45, 2.75) is 31.7 Å². The molecule has 0 aliphatic carbocycles. The van der Waals surface area contributed by atoms with Crippen molar-refractivity contribution in [1.29, 1.82) is 0 Å². The summed E-state index contributed by atoms with van der Waals surface area (Å²) < 4.78 is 13.4. The Morgan fingerprint density at radius 3 is 2.65 bits per heavy atom. The zero-order chi connectivity index (χ0) is 12.1. The number of likely N-dealkylation sites (tertiary alicyclic amines) is 1. The van der Waals surface area contributed by atoms with Gasteiger partial charge in [0.2, 0.25) is 0 Å². The molecule has 1 saturated heterocycles. The van der Waals surface area contributed by atoms with Crippen molar-refractivity contribution >= 4 is 0 Å². The SMILES string of the molecule is NC1CCN(CCCc2ccccc2F)CC1. The molecule has 0 unspecified atom stereocenters. The van der Waals surface area contributed by atoms with Crippen molar-refractivity contribution in [2.75, 3.05) is 19.6 Å². The number of aryl methyl sites for hydroxylation is 1. The number of halogens is 1. The van der Waals surface area contributed by atoms with Crippen LogP contribution in [0.1, 0.15) is 24.8 Å². The molecule has 0 amide bonds. The number of piperidine rings is 1. The number of nitrogens with zero attached hydrogens (tertiary/aromatic N) is 1. The molecule has 0 saturated carbocycles. The van der Waals surface area contributed by atoms with E-state index in [4.69, 9.17) is 5.73 Å². The maximum atomic E-state index is 13.4. The summed E-state index contributed by atoms with van der Waals surface area (Å²) in [4.78, 5) is 2.43. The van der Waals surface area contributed by atoms with E-state index in [2.05, 4.69) is 4.90 Å². The lowest BCUT2D eigenvalue weighted by molar-refractivity contribution is 0.211. The highest BCUT2D eigenvalue weighted by Crippen LogP contribution is 2.12. The van der Waals surface area contributed by atoms with Crippen LogP contribution >= 0.6 is 0 Å². The highest BCUT2D eigenvalue weighted by atomic mass is 19.1. The minimum absolute atomic E-state index is 0.0758. The summed E-state index contributed by atoms with van der Waals surface area (Å²) in [5.41, 5.74) is 6.69. The summed E-state index contributed by atoms with van der Waals surface area (Å²) in [5.74, 6) is -0.0758. The third-order valence-corrected chi connectivity index (χ3v) is 3.51. The summed E-state index contributed by atoms with van der Waals surface area (Å²) in [7, 11) is 0. The Kier molecular flexibility index (Phi) is 4.51. The zero-order valence-electron chi connectivity index (χ0n) is 10.2. The van der Waals surface area contributed by atoms with Crippen LogP contribution in [0.15, 0.2) is 24.3 Å². The van der Waals surface area contributed by atoms with Crippen LogP contribution in [0, 0.1) is 5.82 Å². The van der Waals surface area contributed by atoms with Gasteiger partial charge in [0.1, 0.15) is 5.82 Å². The van der Waals surface area contributed by atoms with Crippen LogP contribution in [0.4, 0.5) is 4.39 Å². The first-order valence-electron chi connectivity index (χ1n) is 6.47. The highest BCUT2D eigenvalue weighted by molar-refractivity contribution is 5.17. The standard InChI is InChI=1S/C14H21FN2/c15-14-6-2-1-4-12(14)5-3-9-17-10-7-13(16)8-11-17/h1-2,4,6,13H,3,5,7-11,16H2. The molecule has 3 heteroatoms. The number of hydrogen-bond acceptors (Lipinski definition) is 2. The van der Waals surface area contributed by atoms with Gasteiger partial charge >= 0.3 is 0 Å². The third kappa shape index (κ3) is 3.79. The average molecular weight is 236 g/mol. The van der Waals surface area contributed by atoms with Gasteiger partial charge in [0.25, 0.3) is 0 Å². The monoisotopic (exact) mass is 236 g/mol. The minimum atomic E-state index is -0.0758.